The number of likely N-dealkylation sites (N-methyl/N-ethyl adjacent to an activating group) is 1. The summed E-state index contributed by atoms with van der Waals surface area (Å²) in [5.74, 6) is -0.0734. The molecule has 2 aromatic rings. The van der Waals surface area contributed by atoms with E-state index in [9.17, 15) is 4.79 Å². The van der Waals surface area contributed by atoms with Crippen LogP contribution in [0, 0.1) is 0 Å². The highest BCUT2D eigenvalue weighted by Gasteiger charge is 2.19. The standard InChI is InChI=1S/C14H15BrN2OS/c1-17(9-11-7-8-12(15)19-11)14(18)13(16)10-5-3-2-4-6-10/h2-8,13H,9,16H2,1H3/t13-/m0/s1. The second-order valence-corrected chi connectivity index (χ2v) is 6.84. The zero-order chi connectivity index (χ0) is 13.8. The Balaban J connectivity index is 2.03. The number of thiophene rings is 1. The Labute approximate surface area is 125 Å². The van der Waals surface area contributed by atoms with E-state index in [-0.39, 0.29) is 5.91 Å². The molecule has 0 aliphatic rings. The minimum atomic E-state index is -0.602. The molecule has 0 spiro atoms. The number of nitrogens with zero attached hydrogens (tertiary/aromatic N) is 1. The summed E-state index contributed by atoms with van der Waals surface area (Å²) in [5.41, 5.74) is 6.84. The van der Waals surface area contributed by atoms with Gasteiger partial charge in [0.05, 0.1) is 10.3 Å². The van der Waals surface area contributed by atoms with Gasteiger partial charge >= 0.3 is 0 Å². The molecule has 5 heteroatoms. The molecule has 0 aliphatic carbocycles. The summed E-state index contributed by atoms with van der Waals surface area (Å²) >= 11 is 5.04. The third-order valence-corrected chi connectivity index (χ3v) is 4.43. The number of benzene rings is 1. The highest BCUT2D eigenvalue weighted by molar-refractivity contribution is 9.11. The molecule has 0 saturated carbocycles. The first kappa shape index (κ1) is 14.2. The van der Waals surface area contributed by atoms with Gasteiger partial charge in [0.15, 0.2) is 0 Å². The van der Waals surface area contributed by atoms with Gasteiger partial charge in [-0.15, -0.1) is 11.3 Å². The number of amides is 1. The van der Waals surface area contributed by atoms with Gasteiger partial charge < -0.3 is 10.6 Å². The van der Waals surface area contributed by atoms with Crippen LogP contribution in [0.1, 0.15) is 16.5 Å². The Hall–Kier alpha value is -1.17. The van der Waals surface area contributed by atoms with E-state index in [4.69, 9.17) is 5.73 Å². The average molecular weight is 339 g/mol. The number of hydrogen-bond donors (Lipinski definition) is 1. The molecule has 3 nitrogen and oxygen atoms in total. The van der Waals surface area contributed by atoms with Crippen LogP contribution in [0.4, 0.5) is 0 Å². The van der Waals surface area contributed by atoms with Gasteiger partial charge in [-0.1, -0.05) is 30.3 Å². The molecular weight excluding hydrogens is 324 g/mol. The van der Waals surface area contributed by atoms with E-state index in [1.54, 1.807) is 23.3 Å². The second kappa shape index (κ2) is 6.32. The lowest BCUT2D eigenvalue weighted by Gasteiger charge is -2.21. The molecule has 1 amide bonds. The van der Waals surface area contributed by atoms with Crippen molar-refractivity contribution in [2.45, 2.75) is 12.6 Å². The van der Waals surface area contributed by atoms with Gasteiger partial charge in [0, 0.05) is 11.9 Å². The fourth-order valence-corrected chi connectivity index (χ4v) is 3.33. The van der Waals surface area contributed by atoms with Crippen molar-refractivity contribution >= 4 is 33.2 Å². The van der Waals surface area contributed by atoms with Gasteiger partial charge in [0.2, 0.25) is 5.91 Å². The van der Waals surface area contributed by atoms with Crippen molar-refractivity contribution < 1.29 is 4.79 Å². The fourth-order valence-electron chi connectivity index (χ4n) is 1.79. The Morgan fingerprint density at radius 1 is 1.32 bits per heavy atom. The molecule has 1 aromatic carbocycles. The number of rotatable bonds is 4. The molecule has 2 N–H and O–H groups in total. The molecule has 0 aliphatic heterocycles. The Morgan fingerprint density at radius 2 is 2.00 bits per heavy atom. The van der Waals surface area contributed by atoms with Crippen LogP contribution in [0.2, 0.25) is 0 Å². The molecule has 1 heterocycles. The fraction of sp³-hybridized carbons (Fsp3) is 0.214. The van der Waals surface area contributed by atoms with Crippen LogP contribution < -0.4 is 5.73 Å². The first-order valence-electron chi connectivity index (χ1n) is 5.87. The smallest absolute Gasteiger partial charge is 0.244 e. The predicted molar refractivity (Wildman–Crippen MR) is 81.9 cm³/mol. The summed E-state index contributed by atoms with van der Waals surface area (Å²) in [5, 5.41) is 0. The number of nitrogens with two attached hydrogens (primary N) is 1. The predicted octanol–water partition coefficient (Wildman–Crippen LogP) is 3.17. The van der Waals surface area contributed by atoms with Crippen molar-refractivity contribution in [3.05, 3.63) is 56.7 Å². The van der Waals surface area contributed by atoms with Crippen molar-refractivity contribution in [1.82, 2.24) is 4.90 Å². The topological polar surface area (TPSA) is 46.3 Å². The maximum atomic E-state index is 12.2. The van der Waals surface area contributed by atoms with Gasteiger partial charge in [-0.25, -0.2) is 0 Å². The summed E-state index contributed by atoms with van der Waals surface area (Å²) in [4.78, 5) is 15.0. The van der Waals surface area contributed by atoms with E-state index in [1.807, 2.05) is 42.5 Å². The maximum Gasteiger partial charge on any atom is 0.244 e. The highest BCUT2D eigenvalue weighted by atomic mass is 79.9. The van der Waals surface area contributed by atoms with E-state index >= 15 is 0 Å². The number of halogens is 1. The SMILES string of the molecule is CN(Cc1ccc(Br)s1)C(=O)[C@@H](N)c1ccccc1. The van der Waals surface area contributed by atoms with Crippen LogP contribution >= 0.6 is 27.3 Å². The lowest BCUT2D eigenvalue weighted by atomic mass is 10.1. The van der Waals surface area contributed by atoms with Crippen LogP contribution in [0.5, 0.6) is 0 Å². The van der Waals surface area contributed by atoms with Crippen LogP contribution in [0.15, 0.2) is 46.3 Å². The normalized spacial score (nSPS) is 12.2. The van der Waals surface area contributed by atoms with Crippen molar-refractivity contribution in [2.24, 2.45) is 5.73 Å². The minimum Gasteiger partial charge on any atom is -0.339 e. The molecule has 0 saturated heterocycles. The zero-order valence-electron chi connectivity index (χ0n) is 10.5. The maximum absolute atomic E-state index is 12.2. The van der Waals surface area contributed by atoms with Crippen molar-refractivity contribution in [3.8, 4) is 0 Å². The molecule has 0 fully saturated rings. The average Bonchev–Trinajstić information content (AvgIpc) is 2.83. The molecule has 0 radical (unpaired) electrons. The summed E-state index contributed by atoms with van der Waals surface area (Å²) in [6.45, 7) is 0.579. The first-order valence-corrected chi connectivity index (χ1v) is 7.48. The van der Waals surface area contributed by atoms with E-state index < -0.39 is 6.04 Å². The van der Waals surface area contributed by atoms with Crippen molar-refractivity contribution in [3.63, 3.8) is 0 Å². The van der Waals surface area contributed by atoms with Gasteiger partial charge in [-0.3, -0.25) is 4.79 Å². The summed E-state index contributed by atoms with van der Waals surface area (Å²) in [6, 6.07) is 12.8. The minimum absolute atomic E-state index is 0.0734. The van der Waals surface area contributed by atoms with E-state index in [0.717, 1.165) is 14.2 Å². The number of carbonyl (C=O) groups excluding carboxylic acids is 1. The molecule has 19 heavy (non-hydrogen) atoms. The number of carbonyl (C=O) groups is 1. The number of hydrogen-bond acceptors (Lipinski definition) is 3. The first-order chi connectivity index (χ1) is 9.08. The summed E-state index contributed by atoms with van der Waals surface area (Å²) < 4.78 is 1.07. The van der Waals surface area contributed by atoms with Gasteiger partial charge in [-0.05, 0) is 33.6 Å². The Bertz CT molecular complexity index is 556. The van der Waals surface area contributed by atoms with Crippen LogP contribution in [-0.2, 0) is 11.3 Å². The molecule has 1 aromatic heterocycles. The summed E-state index contributed by atoms with van der Waals surface area (Å²) in [7, 11) is 1.78. The molecule has 0 unspecified atom stereocenters. The Morgan fingerprint density at radius 3 is 2.58 bits per heavy atom. The quantitative estimate of drug-likeness (QED) is 0.930. The highest BCUT2D eigenvalue weighted by Crippen LogP contribution is 2.23. The molecule has 100 valence electrons. The van der Waals surface area contributed by atoms with E-state index in [1.165, 1.54) is 0 Å². The molecule has 2 rings (SSSR count). The zero-order valence-corrected chi connectivity index (χ0v) is 12.9. The summed E-state index contributed by atoms with van der Waals surface area (Å²) in [6.07, 6.45) is 0. The second-order valence-electron chi connectivity index (χ2n) is 4.29. The van der Waals surface area contributed by atoms with Gasteiger partial charge in [0.1, 0.15) is 6.04 Å². The lowest BCUT2D eigenvalue weighted by Crippen LogP contribution is -2.35. The largest absolute Gasteiger partial charge is 0.339 e. The van der Waals surface area contributed by atoms with Crippen molar-refractivity contribution in [1.29, 1.82) is 0 Å². The van der Waals surface area contributed by atoms with Crippen LogP contribution in [0.25, 0.3) is 0 Å². The Kier molecular flexibility index (Phi) is 4.74. The van der Waals surface area contributed by atoms with Crippen molar-refractivity contribution in [2.75, 3.05) is 7.05 Å². The third-order valence-electron chi connectivity index (χ3n) is 2.82. The molecule has 0 bridgehead atoms. The van der Waals surface area contributed by atoms with E-state index in [2.05, 4.69) is 15.9 Å². The van der Waals surface area contributed by atoms with E-state index in [0.29, 0.717) is 6.54 Å². The third kappa shape index (κ3) is 3.65. The monoisotopic (exact) mass is 338 g/mol. The van der Waals surface area contributed by atoms with Gasteiger partial charge in [-0.2, -0.15) is 0 Å². The van der Waals surface area contributed by atoms with Crippen LogP contribution in [0.3, 0.4) is 0 Å². The van der Waals surface area contributed by atoms with Gasteiger partial charge in [0.25, 0.3) is 0 Å². The lowest BCUT2D eigenvalue weighted by molar-refractivity contribution is -0.131. The van der Waals surface area contributed by atoms with Crippen LogP contribution in [-0.4, -0.2) is 17.9 Å². The molecular formula is C14H15BrN2OS. The molecule has 1 atom stereocenters.